The first kappa shape index (κ1) is 19.6. The zero-order valence-electron chi connectivity index (χ0n) is 16.4. The maximum atomic E-state index is 13.1. The molecule has 146 valence electrons. The van der Waals surface area contributed by atoms with Gasteiger partial charge in [-0.05, 0) is 56.2 Å². The normalized spacial score (nSPS) is 16.4. The minimum absolute atomic E-state index is 0.209. The summed E-state index contributed by atoms with van der Waals surface area (Å²) in [6.07, 6.45) is -0.525. The standard InChI is InChI=1S/C22H29FN2O2/c1-16-12-17(2)22(18(3)13-16)27-15-21(26)14-24-8-10-25(11-9-24)20-6-4-19(23)5-7-20/h4-7,12-13,21,26H,8-11,14-15H2,1-3H3/t21-/m0/s1. The monoisotopic (exact) mass is 372 g/mol. The van der Waals surface area contributed by atoms with Crippen LogP contribution >= 0.6 is 0 Å². The molecule has 1 N–H and O–H groups in total. The Kier molecular flexibility index (Phi) is 6.34. The van der Waals surface area contributed by atoms with E-state index in [0.717, 1.165) is 48.7 Å². The van der Waals surface area contributed by atoms with Gasteiger partial charge in [0.25, 0.3) is 0 Å². The van der Waals surface area contributed by atoms with Crippen molar-refractivity contribution in [3.8, 4) is 5.75 Å². The molecular formula is C22H29FN2O2. The number of nitrogens with zero attached hydrogens (tertiary/aromatic N) is 2. The second kappa shape index (κ2) is 8.72. The first-order chi connectivity index (χ1) is 12.9. The summed E-state index contributed by atoms with van der Waals surface area (Å²) in [6.45, 7) is 10.5. The van der Waals surface area contributed by atoms with Crippen molar-refractivity contribution in [1.82, 2.24) is 4.90 Å². The van der Waals surface area contributed by atoms with Crippen molar-refractivity contribution in [2.45, 2.75) is 26.9 Å². The molecule has 0 unspecified atom stereocenters. The third-order valence-electron chi connectivity index (χ3n) is 5.06. The first-order valence-electron chi connectivity index (χ1n) is 9.54. The molecule has 2 aromatic rings. The number of halogens is 1. The van der Waals surface area contributed by atoms with Crippen molar-refractivity contribution in [3.63, 3.8) is 0 Å². The van der Waals surface area contributed by atoms with Crippen molar-refractivity contribution in [2.75, 3.05) is 44.2 Å². The van der Waals surface area contributed by atoms with Gasteiger partial charge in [0.15, 0.2) is 0 Å². The lowest BCUT2D eigenvalue weighted by Crippen LogP contribution is -2.49. The van der Waals surface area contributed by atoms with E-state index in [0.29, 0.717) is 13.2 Å². The number of anilines is 1. The number of aliphatic hydroxyl groups is 1. The number of piperazine rings is 1. The van der Waals surface area contributed by atoms with E-state index in [9.17, 15) is 9.50 Å². The Morgan fingerprint density at radius 2 is 1.59 bits per heavy atom. The zero-order valence-corrected chi connectivity index (χ0v) is 16.4. The second-order valence-electron chi connectivity index (χ2n) is 7.46. The van der Waals surface area contributed by atoms with Gasteiger partial charge in [0, 0.05) is 38.4 Å². The topological polar surface area (TPSA) is 35.9 Å². The van der Waals surface area contributed by atoms with Crippen LogP contribution in [-0.4, -0.2) is 55.4 Å². The van der Waals surface area contributed by atoms with Crippen LogP contribution in [0.4, 0.5) is 10.1 Å². The smallest absolute Gasteiger partial charge is 0.125 e. The fraction of sp³-hybridized carbons (Fsp3) is 0.455. The Bertz CT molecular complexity index is 732. The number of hydrogen-bond donors (Lipinski definition) is 1. The number of aryl methyl sites for hydroxylation is 3. The SMILES string of the molecule is Cc1cc(C)c(OC[C@@H](O)CN2CCN(c3ccc(F)cc3)CC2)c(C)c1. The quantitative estimate of drug-likeness (QED) is 0.844. The molecule has 0 aromatic heterocycles. The van der Waals surface area contributed by atoms with Gasteiger partial charge in [0.1, 0.15) is 24.3 Å². The van der Waals surface area contributed by atoms with Crippen LogP contribution in [-0.2, 0) is 0 Å². The summed E-state index contributed by atoms with van der Waals surface area (Å²) >= 11 is 0. The van der Waals surface area contributed by atoms with E-state index >= 15 is 0 Å². The van der Waals surface area contributed by atoms with E-state index in [4.69, 9.17) is 4.74 Å². The van der Waals surface area contributed by atoms with Crippen molar-refractivity contribution in [3.05, 3.63) is 58.9 Å². The molecule has 5 heteroatoms. The largest absolute Gasteiger partial charge is 0.490 e. The number of ether oxygens (including phenoxy) is 1. The lowest BCUT2D eigenvalue weighted by atomic mass is 10.1. The average Bonchev–Trinajstić information content (AvgIpc) is 2.62. The highest BCUT2D eigenvalue weighted by molar-refractivity contribution is 5.46. The Labute approximate surface area is 161 Å². The average molecular weight is 372 g/mol. The van der Waals surface area contributed by atoms with Crippen LogP contribution in [0.5, 0.6) is 5.75 Å². The molecule has 1 fully saturated rings. The molecule has 4 nitrogen and oxygen atoms in total. The minimum Gasteiger partial charge on any atom is -0.490 e. The van der Waals surface area contributed by atoms with Gasteiger partial charge in [0.05, 0.1) is 0 Å². The summed E-state index contributed by atoms with van der Waals surface area (Å²) in [7, 11) is 0. The van der Waals surface area contributed by atoms with Crippen molar-refractivity contribution in [2.24, 2.45) is 0 Å². The Hall–Kier alpha value is -2.11. The highest BCUT2D eigenvalue weighted by Crippen LogP contribution is 2.24. The maximum Gasteiger partial charge on any atom is 0.125 e. The predicted molar refractivity (Wildman–Crippen MR) is 107 cm³/mol. The second-order valence-corrected chi connectivity index (χ2v) is 7.46. The van der Waals surface area contributed by atoms with E-state index < -0.39 is 6.10 Å². The summed E-state index contributed by atoms with van der Waals surface area (Å²) < 4.78 is 19.0. The number of hydrogen-bond acceptors (Lipinski definition) is 4. The molecule has 0 bridgehead atoms. The molecular weight excluding hydrogens is 343 g/mol. The lowest BCUT2D eigenvalue weighted by molar-refractivity contribution is 0.0658. The molecule has 27 heavy (non-hydrogen) atoms. The molecule has 1 aliphatic rings. The summed E-state index contributed by atoms with van der Waals surface area (Å²) in [6, 6.07) is 10.8. The lowest BCUT2D eigenvalue weighted by Gasteiger charge is -2.36. The molecule has 0 spiro atoms. The van der Waals surface area contributed by atoms with E-state index in [1.807, 2.05) is 26.0 Å². The molecule has 1 atom stereocenters. The molecule has 0 amide bonds. The van der Waals surface area contributed by atoms with Gasteiger partial charge in [-0.25, -0.2) is 4.39 Å². The van der Waals surface area contributed by atoms with Crippen molar-refractivity contribution in [1.29, 1.82) is 0 Å². The summed E-state index contributed by atoms with van der Waals surface area (Å²) in [5, 5.41) is 10.4. The van der Waals surface area contributed by atoms with Gasteiger partial charge >= 0.3 is 0 Å². The van der Waals surface area contributed by atoms with Gasteiger partial charge in [-0.3, -0.25) is 4.90 Å². The molecule has 1 saturated heterocycles. The van der Waals surface area contributed by atoms with Crippen molar-refractivity contribution < 1.29 is 14.2 Å². The van der Waals surface area contributed by atoms with E-state index in [1.165, 1.54) is 17.7 Å². The zero-order chi connectivity index (χ0) is 19.4. The molecule has 1 heterocycles. The third kappa shape index (κ3) is 5.21. The Morgan fingerprint density at radius 1 is 1.00 bits per heavy atom. The van der Waals surface area contributed by atoms with Gasteiger partial charge in [-0.2, -0.15) is 0 Å². The van der Waals surface area contributed by atoms with Gasteiger partial charge in [0.2, 0.25) is 0 Å². The van der Waals surface area contributed by atoms with Crippen LogP contribution in [0.1, 0.15) is 16.7 Å². The Balaban J connectivity index is 1.46. The van der Waals surface area contributed by atoms with Crippen LogP contribution in [0.2, 0.25) is 0 Å². The minimum atomic E-state index is -0.525. The van der Waals surface area contributed by atoms with Gasteiger partial charge in [-0.1, -0.05) is 17.7 Å². The molecule has 2 aromatic carbocycles. The first-order valence-corrected chi connectivity index (χ1v) is 9.54. The number of β-amino-alcohol motifs (C(OH)–C–C–N with tert-alkyl or cyclic N) is 1. The maximum absolute atomic E-state index is 13.1. The molecule has 0 aliphatic carbocycles. The van der Waals surface area contributed by atoms with Crippen molar-refractivity contribution >= 4 is 5.69 Å². The summed E-state index contributed by atoms with van der Waals surface area (Å²) in [5.41, 5.74) is 4.47. The van der Waals surface area contributed by atoms with Crippen LogP contribution < -0.4 is 9.64 Å². The highest BCUT2D eigenvalue weighted by atomic mass is 19.1. The molecule has 0 radical (unpaired) electrons. The third-order valence-corrected chi connectivity index (χ3v) is 5.06. The number of aliphatic hydroxyl groups excluding tert-OH is 1. The summed E-state index contributed by atoms with van der Waals surface area (Å²) in [5.74, 6) is 0.667. The fourth-order valence-corrected chi connectivity index (χ4v) is 3.77. The van der Waals surface area contributed by atoms with Crippen LogP contribution in [0.3, 0.4) is 0 Å². The highest BCUT2D eigenvalue weighted by Gasteiger charge is 2.20. The van der Waals surface area contributed by atoms with E-state index in [1.54, 1.807) is 0 Å². The van der Waals surface area contributed by atoms with E-state index in [2.05, 4.69) is 28.9 Å². The number of rotatable bonds is 6. The summed E-state index contributed by atoms with van der Waals surface area (Å²) in [4.78, 5) is 4.50. The predicted octanol–water partition coefficient (Wildman–Crippen LogP) is 3.31. The molecule has 3 rings (SSSR count). The van der Waals surface area contributed by atoms with Crippen LogP contribution in [0, 0.1) is 26.6 Å². The Morgan fingerprint density at radius 3 is 2.19 bits per heavy atom. The molecule has 1 aliphatic heterocycles. The van der Waals surface area contributed by atoms with E-state index in [-0.39, 0.29) is 5.82 Å². The van der Waals surface area contributed by atoms with Gasteiger partial charge < -0.3 is 14.7 Å². The number of benzene rings is 2. The molecule has 0 saturated carbocycles. The van der Waals surface area contributed by atoms with Gasteiger partial charge in [-0.15, -0.1) is 0 Å². The fourth-order valence-electron chi connectivity index (χ4n) is 3.77. The van der Waals surface area contributed by atoms with Crippen LogP contribution in [0.15, 0.2) is 36.4 Å². The van der Waals surface area contributed by atoms with Crippen LogP contribution in [0.25, 0.3) is 0 Å².